The van der Waals surface area contributed by atoms with Crippen molar-refractivity contribution in [2.24, 2.45) is 0 Å². The predicted molar refractivity (Wildman–Crippen MR) is 152 cm³/mol. The van der Waals surface area contributed by atoms with Gasteiger partial charge in [0.05, 0.1) is 0 Å². The molecule has 7 aromatic rings. The third kappa shape index (κ3) is 3.54. The molecule has 0 saturated carbocycles. The molecule has 0 bridgehead atoms. The van der Waals surface area contributed by atoms with Crippen LogP contribution >= 0.6 is 22.9 Å². The van der Waals surface area contributed by atoms with Crippen LogP contribution < -0.4 is 0 Å². The normalized spacial score (nSPS) is 11.5. The summed E-state index contributed by atoms with van der Waals surface area (Å²) in [4.78, 5) is 13.8. The van der Waals surface area contributed by atoms with Crippen molar-refractivity contribution < 1.29 is 0 Å². The lowest BCUT2D eigenvalue weighted by molar-refractivity contribution is 1.07. The maximum absolute atomic E-state index is 6.41. The summed E-state index contributed by atoms with van der Waals surface area (Å²) in [5.41, 5.74) is 4.20. The maximum atomic E-state index is 6.41. The second-order valence-electron chi connectivity index (χ2n) is 8.64. The zero-order valence-corrected chi connectivity index (χ0v) is 20.6. The number of halogens is 1. The average Bonchev–Trinajstić information content (AvgIpc) is 3.31. The first-order valence-corrected chi connectivity index (χ1v) is 12.8. The molecular weight excluding hydrogens is 482 g/mol. The Morgan fingerprint density at radius 3 is 2.03 bits per heavy atom. The van der Waals surface area contributed by atoms with Gasteiger partial charge in [-0.1, -0.05) is 97.1 Å². The van der Waals surface area contributed by atoms with E-state index in [2.05, 4.69) is 101 Å². The molecule has 0 radical (unpaired) electrons. The summed E-state index contributed by atoms with van der Waals surface area (Å²) in [7, 11) is 0. The lowest BCUT2D eigenvalue weighted by Gasteiger charge is -2.09. The Balaban J connectivity index is 1.32. The van der Waals surface area contributed by atoms with Gasteiger partial charge in [-0.3, -0.25) is 0 Å². The second kappa shape index (κ2) is 8.52. The van der Waals surface area contributed by atoms with Gasteiger partial charge in [0.15, 0.2) is 11.6 Å². The fourth-order valence-electron chi connectivity index (χ4n) is 4.80. The Hall–Kier alpha value is -4.12. The van der Waals surface area contributed by atoms with Gasteiger partial charge >= 0.3 is 0 Å². The molecule has 0 N–H and O–H groups in total. The molecule has 0 spiro atoms. The zero-order chi connectivity index (χ0) is 24.1. The van der Waals surface area contributed by atoms with Crippen LogP contribution in [0.5, 0.6) is 0 Å². The minimum Gasteiger partial charge on any atom is -0.208 e. The molecule has 2 aromatic heterocycles. The van der Waals surface area contributed by atoms with Gasteiger partial charge < -0.3 is 0 Å². The standard InChI is InChI=1S/C31H18ClN3S/c32-31-34-29(21-17-15-20(16-18-21)23-11-5-8-19-7-1-2-9-22(19)23)33-30(35-31)26-13-6-12-25-24-10-3-4-14-27(24)36-28(25)26/h1-18H. The molecule has 5 heteroatoms. The number of aromatic nitrogens is 3. The number of hydrogen-bond acceptors (Lipinski definition) is 4. The summed E-state index contributed by atoms with van der Waals surface area (Å²) in [6, 6.07) is 37.8. The first-order valence-electron chi connectivity index (χ1n) is 11.7. The van der Waals surface area contributed by atoms with E-state index in [1.54, 1.807) is 11.3 Å². The predicted octanol–water partition coefficient (Wildman–Crippen LogP) is 9.05. The van der Waals surface area contributed by atoms with E-state index in [4.69, 9.17) is 16.6 Å². The van der Waals surface area contributed by atoms with E-state index in [1.165, 1.54) is 31.8 Å². The lowest BCUT2D eigenvalue weighted by Crippen LogP contribution is -1.97. The molecule has 3 nitrogen and oxygen atoms in total. The summed E-state index contributed by atoms with van der Waals surface area (Å²) >= 11 is 8.16. The second-order valence-corrected chi connectivity index (χ2v) is 10.0. The fraction of sp³-hybridized carbons (Fsp3) is 0. The number of nitrogens with zero attached hydrogens (tertiary/aromatic N) is 3. The topological polar surface area (TPSA) is 38.7 Å². The van der Waals surface area contributed by atoms with Crippen LogP contribution in [0, 0.1) is 0 Å². The SMILES string of the molecule is Clc1nc(-c2ccc(-c3cccc4ccccc34)cc2)nc(-c2cccc3c2sc2ccccc23)n1. The van der Waals surface area contributed by atoms with Gasteiger partial charge in [0.25, 0.3) is 0 Å². The van der Waals surface area contributed by atoms with Crippen LogP contribution in [0.3, 0.4) is 0 Å². The van der Waals surface area contributed by atoms with Gasteiger partial charge in [0, 0.05) is 31.3 Å². The molecule has 0 unspecified atom stereocenters. The Bertz CT molecular complexity index is 1900. The van der Waals surface area contributed by atoms with Crippen LogP contribution in [0.1, 0.15) is 0 Å². The van der Waals surface area contributed by atoms with Crippen LogP contribution in [0.2, 0.25) is 5.28 Å². The Morgan fingerprint density at radius 2 is 1.14 bits per heavy atom. The summed E-state index contributed by atoms with van der Waals surface area (Å²) in [5, 5.41) is 5.08. The van der Waals surface area contributed by atoms with Gasteiger partial charge in [-0.25, -0.2) is 4.98 Å². The van der Waals surface area contributed by atoms with Crippen LogP contribution in [-0.2, 0) is 0 Å². The Labute approximate surface area is 216 Å². The molecule has 0 amide bonds. The number of fused-ring (bicyclic) bond motifs is 4. The number of hydrogen-bond donors (Lipinski definition) is 0. The Kier molecular flexibility index (Phi) is 5.01. The first kappa shape index (κ1) is 21.2. The van der Waals surface area contributed by atoms with Crippen molar-refractivity contribution in [1.82, 2.24) is 15.0 Å². The minimum atomic E-state index is 0.186. The van der Waals surface area contributed by atoms with Gasteiger partial charge in [-0.05, 0) is 45.6 Å². The van der Waals surface area contributed by atoms with Crippen LogP contribution in [0.25, 0.3) is 64.8 Å². The molecule has 170 valence electrons. The highest BCUT2D eigenvalue weighted by atomic mass is 35.5. The van der Waals surface area contributed by atoms with E-state index < -0.39 is 0 Å². The zero-order valence-electron chi connectivity index (χ0n) is 19.0. The molecule has 36 heavy (non-hydrogen) atoms. The van der Waals surface area contributed by atoms with Crippen molar-refractivity contribution in [2.75, 3.05) is 0 Å². The molecule has 0 saturated heterocycles. The third-order valence-electron chi connectivity index (χ3n) is 6.50. The van der Waals surface area contributed by atoms with Crippen LogP contribution in [0.4, 0.5) is 0 Å². The average molecular weight is 500 g/mol. The van der Waals surface area contributed by atoms with E-state index in [-0.39, 0.29) is 5.28 Å². The largest absolute Gasteiger partial charge is 0.226 e. The molecule has 0 aliphatic rings. The van der Waals surface area contributed by atoms with Crippen molar-refractivity contribution in [3.05, 3.63) is 114 Å². The number of benzene rings is 5. The first-order chi connectivity index (χ1) is 17.7. The minimum absolute atomic E-state index is 0.186. The monoisotopic (exact) mass is 499 g/mol. The van der Waals surface area contributed by atoms with Gasteiger partial charge in [-0.2, -0.15) is 9.97 Å². The van der Waals surface area contributed by atoms with Crippen molar-refractivity contribution in [2.45, 2.75) is 0 Å². The third-order valence-corrected chi connectivity index (χ3v) is 7.89. The van der Waals surface area contributed by atoms with Gasteiger partial charge in [0.1, 0.15) is 0 Å². The number of rotatable bonds is 3. The Morgan fingerprint density at radius 1 is 0.500 bits per heavy atom. The molecule has 5 aromatic carbocycles. The number of thiophene rings is 1. The highest BCUT2D eigenvalue weighted by molar-refractivity contribution is 7.26. The van der Waals surface area contributed by atoms with Gasteiger partial charge in [-0.15, -0.1) is 11.3 Å². The van der Waals surface area contributed by atoms with Crippen molar-refractivity contribution >= 4 is 53.9 Å². The highest BCUT2D eigenvalue weighted by Gasteiger charge is 2.15. The van der Waals surface area contributed by atoms with Crippen LogP contribution in [0.15, 0.2) is 109 Å². The van der Waals surface area contributed by atoms with Crippen molar-refractivity contribution in [3.8, 4) is 33.9 Å². The quantitative estimate of drug-likeness (QED) is 0.243. The van der Waals surface area contributed by atoms with E-state index in [9.17, 15) is 0 Å². The molecular formula is C31H18ClN3S. The van der Waals surface area contributed by atoms with Crippen LogP contribution in [-0.4, -0.2) is 15.0 Å². The van der Waals surface area contributed by atoms with E-state index in [1.807, 2.05) is 18.2 Å². The molecule has 0 aliphatic heterocycles. The summed E-state index contributed by atoms with van der Waals surface area (Å²) in [6.07, 6.45) is 0. The van der Waals surface area contributed by atoms with E-state index in [0.717, 1.165) is 21.4 Å². The fourth-order valence-corrected chi connectivity index (χ4v) is 6.17. The lowest BCUT2D eigenvalue weighted by atomic mass is 9.97. The van der Waals surface area contributed by atoms with Crippen molar-refractivity contribution in [1.29, 1.82) is 0 Å². The molecule has 0 fully saturated rings. The van der Waals surface area contributed by atoms with Gasteiger partial charge in [0.2, 0.25) is 5.28 Å². The molecule has 2 heterocycles. The molecule has 0 atom stereocenters. The summed E-state index contributed by atoms with van der Waals surface area (Å²) in [5.74, 6) is 1.15. The maximum Gasteiger partial charge on any atom is 0.226 e. The molecule has 7 rings (SSSR count). The van der Waals surface area contributed by atoms with Crippen molar-refractivity contribution in [3.63, 3.8) is 0 Å². The summed E-state index contributed by atoms with van der Waals surface area (Å²) < 4.78 is 2.39. The molecule has 0 aliphatic carbocycles. The van der Waals surface area contributed by atoms with E-state index in [0.29, 0.717) is 11.6 Å². The van der Waals surface area contributed by atoms with E-state index >= 15 is 0 Å². The smallest absolute Gasteiger partial charge is 0.208 e. The highest BCUT2D eigenvalue weighted by Crippen LogP contribution is 2.39. The summed E-state index contributed by atoms with van der Waals surface area (Å²) in [6.45, 7) is 0.